The van der Waals surface area contributed by atoms with Crippen molar-refractivity contribution in [2.24, 2.45) is 5.14 Å². The standard InChI is InChI=1S/C12H21N3O2S/c1-5-12(2,3)15(4)10-7-6-9(13)8-11(10)18(14,16)17/h6-8H,5,13H2,1-4H3,(H2,14,16,17). The minimum Gasteiger partial charge on any atom is -0.399 e. The fourth-order valence-corrected chi connectivity index (χ4v) is 2.40. The summed E-state index contributed by atoms with van der Waals surface area (Å²) in [6.45, 7) is 6.12. The van der Waals surface area contributed by atoms with Gasteiger partial charge in [0.1, 0.15) is 4.90 Å². The highest BCUT2D eigenvalue weighted by atomic mass is 32.2. The quantitative estimate of drug-likeness (QED) is 0.813. The maximum atomic E-state index is 11.6. The van der Waals surface area contributed by atoms with Crippen molar-refractivity contribution in [3.8, 4) is 0 Å². The third kappa shape index (κ3) is 2.94. The summed E-state index contributed by atoms with van der Waals surface area (Å²) in [6, 6.07) is 4.76. The van der Waals surface area contributed by atoms with Crippen LogP contribution in [0.3, 0.4) is 0 Å². The van der Waals surface area contributed by atoms with E-state index in [1.165, 1.54) is 6.07 Å². The van der Waals surface area contributed by atoms with Crippen molar-refractivity contribution in [2.75, 3.05) is 17.7 Å². The van der Waals surface area contributed by atoms with E-state index in [1.54, 1.807) is 12.1 Å². The molecule has 1 rings (SSSR count). The van der Waals surface area contributed by atoms with E-state index in [1.807, 2.05) is 32.7 Å². The van der Waals surface area contributed by atoms with Crippen LogP contribution in [0.4, 0.5) is 11.4 Å². The van der Waals surface area contributed by atoms with Gasteiger partial charge < -0.3 is 10.6 Å². The maximum absolute atomic E-state index is 11.6. The molecule has 0 amide bonds. The van der Waals surface area contributed by atoms with Gasteiger partial charge in [0.2, 0.25) is 10.0 Å². The average Bonchev–Trinajstić information content (AvgIpc) is 2.27. The van der Waals surface area contributed by atoms with Crippen molar-refractivity contribution in [1.82, 2.24) is 0 Å². The normalized spacial score (nSPS) is 12.5. The Hall–Kier alpha value is -1.27. The Bertz CT molecular complexity index is 538. The molecule has 0 saturated carbocycles. The lowest BCUT2D eigenvalue weighted by molar-refractivity contribution is 0.468. The zero-order chi connectivity index (χ0) is 14.1. The second kappa shape index (κ2) is 4.78. The fraction of sp³-hybridized carbons (Fsp3) is 0.500. The van der Waals surface area contributed by atoms with E-state index in [0.29, 0.717) is 11.4 Å². The number of hydrogen-bond acceptors (Lipinski definition) is 4. The van der Waals surface area contributed by atoms with Crippen LogP contribution in [0.5, 0.6) is 0 Å². The third-order valence-corrected chi connectivity index (χ3v) is 4.36. The number of primary sulfonamides is 1. The van der Waals surface area contributed by atoms with E-state index in [9.17, 15) is 8.42 Å². The Balaban J connectivity index is 3.43. The van der Waals surface area contributed by atoms with Crippen molar-refractivity contribution >= 4 is 21.4 Å². The predicted molar refractivity (Wildman–Crippen MR) is 75.0 cm³/mol. The van der Waals surface area contributed by atoms with Crippen LogP contribution in [-0.4, -0.2) is 21.0 Å². The molecule has 0 aliphatic rings. The summed E-state index contributed by atoms with van der Waals surface area (Å²) in [7, 11) is -1.94. The number of benzene rings is 1. The number of nitrogens with zero attached hydrogens (tertiary/aromatic N) is 1. The van der Waals surface area contributed by atoms with E-state index in [-0.39, 0.29) is 10.4 Å². The van der Waals surface area contributed by atoms with E-state index < -0.39 is 10.0 Å². The fourth-order valence-electron chi connectivity index (χ4n) is 1.60. The van der Waals surface area contributed by atoms with Crippen LogP contribution in [0, 0.1) is 0 Å². The van der Waals surface area contributed by atoms with E-state index in [4.69, 9.17) is 10.9 Å². The monoisotopic (exact) mass is 271 g/mol. The Morgan fingerprint density at radius 2 is 1.89 bits per heavy atom. The number of anilines is 2. The van der Waals surface area contributed by atoms with E-state index in [0.717, 1.165) is 6.42 Å². The summed E-state index contributed by atoms with van der Waals surface area (Å²) >= 11 is 0. The lowest BCUT2D eigenvalue weighted by Crippen LogP contribution is -2.41. The molecule has 102 valence electrons. The number of nitrogens with two attached hydrogens (primary N) is 2. The highest BCUT2D eigenvalue weighted by Crippen LogP contribution is 2.31. The lowest BCUT2D eigenvalue weighted by atomic mass is 9.99. The minimum atomic E-state index is -3.79. The molecule has 0 heterocycles. The average molecular weight is 271 g/mol. The number of sulfonamides is 1. The second-order valence-corrected chi connectivity index (χ2v) is 6.53. The van der Waals surface area contributed by atoms with Crippen LogP contribution in [0.15, 0.2) is 23.1 Å². The van der Waals surface area contributed by atoms with Gasteiger partial charge in [-0.1, -0.05) is 6.92 Å². The molecule has 0 aliphatic carbocycles. The van der Waals surface area contributed by atoms with Crippen LogP contribution in [0.1, 0.15) is 27.2 Å². The Kier molecular flexibility index (Phi) is 3.92. The topological polar surface area (TPSA) is 89.4 Å². The third-order valence-electron chi connectivity index (χ3n) is 3.42. The van der Waals surface area contributed by atoms with Crippen molar-refractivity contribution in [3.63, 3.8) is 0 Å². The molecule has 0 aliphatic heterocycles. The summed E-state index contributed by atoms with van der Waals surface area (Å²) < 4.78 is 23.2. The SMILES string of the molecule is CCC(C)(C)N(C)c1ccc(N)cc1S(N)(=O)=O. The van der Waals surface area contributed by atoms with Gasteiger partial charge in [-0.25, -0.2) is 13.6 Å². The molecule has 0 spiro atoms. The summed E-state index contributed by atoms with van der Waals surface area (Å²) in [5, 5.41) is 5.24. The van der Waals surface area contributed by atoms with Gasteiger partial charge in [-0.2, -0.15) is 0 Å². The van der Waals surface area contributed by atoms with Gasteiger partial charge in [0.25, 0.3) is 0 Å². The molecule has 1 aromatic rings. The van der Waals surface area contributed by atoms with Crippen LogP contribution < -0.4 is 15.8 Å². The maximum Gasteiger partial charge on any atom is 0.240 e. The molecule has 0 saturated heterocycles. The van der Waals surface area contributed by atoms with Crippen molar-refractivity contribution in [2.45, 2.75) is 37.6 Å². The lowest BCUT2D eigenvalue weighted by Gasteiger charge is -2.37. The molecule has 0 bridgehead atoms. The van der Waals surface area contributed by atoms with Crippen LogP contribution in [-0.2, 0) is 10.0 Å². The smallest absolute Gasteiger partial charge is 0.240 e. The first-order chi connectivity index (χ1) is 8.09. The largest absolute Gasteiger partial charge is 0.399 e. The van der Waals surface area contributed by atoms with Crippen LogP contribution >= 0.6 is 0 Å². The minimum absolute atomic E-state index is 0.0616. The summed E-state index contributed by atoms with van der Waals surface area (Å²) in [4.78, 5) is 1.97. The molecule has 1 aromatic carbocycles. The Labute approximate surface area is 109 Å². The highest BCUT2D eigenvalue weighted by molar-refractivity contribution is 7.89. The van der Waals surface area contributed by atoms with E-state index >= 15 is 0 Å². The van der Waals surface area contributed by atoms with Crippen molar-refractivity contribution in [3.05, 3.63) is 18.2 Å². The molecule has 0 fully saturated rings. The number of rotatable bonds is 4. The molecule has 0 atom stereocenters. The molecule has 18 heavy (non-hydrogen) atoms. The Morgan fingerprint density at radius 3 is 2.33 bits per heavy atom. The van der Waals surface area contributed by atoms with Gasteiger partial charge in [-0.05, 0) is 38.5 Å². The second-order valence-electron chi connectivity index (χ2n) is 5.00. The van der Waals surface area contributed by atoms with Gasteiger partial charge in [0.15, 0.2) is 0 Å². The highest BCUT2D eigenvalue weighted by Gasteiger charge is 2.26. The number of hydrogen-bond donors (Lipinski definition) is 2. The molecular weight excluding hydrogens is 250 g/mol. The molecule has 4 N–H and O–H groups in total. The van der Waals surface area contributed by atoms with Crippen LogP contribution in [0.2, 0.25) is 0 Å². The first kappa shape index (κ1) is 14.8. The van der Waals surface area contributed by atoms with Crippen molar-refractivity contribution < 1.29 is 8.42 Å². The zero-order valence-electron chi connectivity index (χ0n) is 11.3. The molecule has 6 heteroatoms. The molecule has 5 nitrogen and oxygen atoms in total. The first-order valence-electron chi connectivity index (χ1n) is 5.75. The molecule has 0 aromatic heterocycles. The zero-order valence-corrected chi connectivity index (χ0v) is 12.1. The summed E-state index contributed by atoms with van der Waals surface area (Å²) in [5.74, 6) is 0. The van der Waals surface area contributed by atoms with Crippen molar-refractivity contribution in [1.29, 1.82) is 0 Å². The molecule has 0 radical (unpaired) electrons. The van der Waals surface area contributed by atoms with Gasteiger partial charge in [0.05, 0.1) is 5.69 Å². The van der Waals surface area contributed by atoms with Gasteiger partial charge in [-0.15, -0.1) is 0 Å². The van der Waals surface area contributed by atoms with Gasteiger partial charge in [-0.3, -0.25) is 0 Å². The molecular formula is C12H21N3O2S. The van der Waals surface area contributed by atoms with Gasteiger partial charge >= 0.3 is 0 Å². The van der Waals surface area contributed by atoms with Crippen LogP contribution in [0.25, 0.3) is 0 Å². The summed E-state index contributed by atoms with van der Waals surface area (Å²) in [6.07, 6.45) is 0.873. The molecule has 0 unspecified atom stereocenters. The Morgan fingerprint density at radius 1 is 1.33 bits per heavy atom. The first-order valence-corrected chi connectivity index (χ1v) is 7.30. The summed E-state index contributed by atoms with van der Waals surface area (Å²) in [5.41, 5.74) is 6.40. The van der Waals surface area contributed by atoms with Gasteiger partial charge in [0, 0.05) is 18.3 Å². The number of nitrogen functional groups attached to an aromatic ring is 1. The van der Waals surface area contributed by atoms with E-state index in [2.05, 4.69) is 0 Å². The predicted octanol–water partition coefficient (Wildman–Crippen LogP) is 1.54.